The van der Waals surface area contributed by atoms with Crippen LogP contribution in [0.3, 0.4) is 0 Å². The van der Waals surface area contributed by atoms with E-state index >= 15 is 0 Å². The molecule has 4 rings (SSSR count). The maximum absolute atomic E-state index is 4.52. The highest BCUT2D eigenvalue weighted by molar-refractivity contribution is 5.82. The summed E-state index contributed by atoms with van der Waals surface area (Å²) < 4.78 is 0. The number of fused-ring (bicyclic) bond motifs is 1. The molecule has 22 heavy (non-hydrogen) atoms. The van der Waals surface area contributed by atoms with Crippen molar-refractivity contribution < 1.29 is 0 Å². The number of H-pyrrole nitrogens is 2. The molecule has 2 aromatic heterocycles. The summed E-state index contributed by atoms with van der Waals surface area (Å²) in [6.07, 6.45) is 4.41. The number of benzene rings is 1. The van der Waals surface area contributed by atoms with E-state index in [1.165, 1.54) is 29.3 Å². The van der Waals surface area contributed by atoms with Crippen LogP contribution < -0.4 is 0 Å². The molecule has 1 aliphatic heterocycles. The molecule has 0 aliphatic carbocycles. The summed E-state index contributed by atoms with van der Waals surface area (Å²) in [5.41, 5.74) is 2.61. The average Bonchev–Trinajstić information content (AvgIpc) is 3.17. The molecule has 1 aromatic carbocycles. The van der Waals surface area contributed by atoms with Gasteiger partial charge in [-0.05, 0) is 44.0 Å². The summed E-state index contributed by atoms with van der Waals surface area (Å²) in [7, 11) is 0. The molecule has 0 spiro atoms. The number of nitrogens with zero attached hydrogens (tertiary/aromatic N) is 3. The van der Waals surface area contributed by atoms with Crippen LogP contribution >= 0.6 is 0 Å². The lowest BCUT2D eigenvalue weighted by atomic mass is 9.96. The normalized spacial score (nSPS) is 19.8. The predicted octanol–water partition coefficient (Wildman–Crippen LogP) is 2.97. The van der Waals surface area contributed by atoms with Crippen molar-refractivity contribution in [3.05, 3.63) is 47.7 Å². The molecular weight excluding hydrogens is 274 g/mol. The van der Waals surface area contributed by atoms with Crippen molar-refractivity contribution in [2.24, 2.45) is 0 Å². The Morgan fingerprint density at radius 1 is 1.32 bits per heavy atom. The van der Waals surface area contributed by atoms with Gasteiger partial charge < -0.3 is 4.98 Å². The third kappa shape index (κ3) is 2.52. The van der Waals surface area contributed by atoms with Crippen LogP contribution in [0.2, 0.25) is 0 Å². The number of hydrogen-bond donors (Lipinski definition) is 2. The van der Waals surface area contributed by atoms with Gasteiger partial charge in [-0.3, -0.25) is 10.00 Å². The zero-order chi connectivity index (χ0) is 14.9. The average molecular weight is 295 g/mol. The van der Waals surface area contributed by atoms with E-state index in [0.29, 0.717) is 5.92 Å². The Hall–Kier alpha value is -2.14. The number of aromatic amines is 2. The molecule has 1 atom stereocenters. The highest BCUT2D eigenvalue weighted by Gasteiger charge is 2.24. The van der Waals surface area contributed by atoms with Gasteiger partial charge in [0, 0.05) is 36.1 Å². The first kappa shape index (κ1) is 13.5. The summed E-state index contributed by atoms with van der Waals surface area (Å²) in [6.45, 7) is 5.15. The minimum Gasteiger partial charge on any atom is -0.361 e. The SMILES string of the molecule is Cc1nc([C@H]2CCCN(Cc3cccc4[nH]ccc34)C2)n[nH]1. The van der Waals surface area contributed by atoms with Crippen LogP contribution in [0, 0.1) is 6.92 Å². The topological polar surface area (TPSA) is 60.6 Å². The number of aryl methyl sites for hydroxylation is 1. The molecule has 0 unspecified atom stereocenters. The molecule has 2 N–H and O–H groups in total. The van der Waals surface area contributed by atoms with Crippen LogP contribution in [0.15, 0.2) is 30.5 Å². The summed E-state index contributed by atoms with van der Waals surface area (Å²) in [5, 5.41) is 8.65. The molecule has 0 amide bonds. The van der Waals surface area contributed by atoms with Gasteiger partial charge in [-0.1, -0.05) is 12.1 Å². The van der Waals surface area contributed by atoms with Crippen molar-refractivity contribution in [2.45, 2.75) is 32.2 Å². The number of aromatic nitrogens is 4. The fourth-order valence-electron chi connectivity index (χ4n) is 3.48. The lowest BCUT2D eigenvalue weighted by Crippen LogP contribution is -2.34. The van der Waals surface area contributed by atoms with E-state index in [-0.39, 0.29) is 0 Å². The first-order valence-corrected chi connectivity index (χ1v) is 7.96. The lowest BCUT2D eigenvalue weighted by Gasteiger charge is -2.31. The largest absolute Gasteiger partial charge is 0.361 e. The maximum atomic E-state index is 4.52. The van der Waals surface area contributed by atoms with Gasteiger partial charge in [-0.25, -0.2) is 4.98 Å². The number of piperidine rings is 1. The van der Waals surface area contributed by atoms with Crippen LogP contribution in [0.5, 0.6) is 0 Å². The van der Waals surface area contributed by atoms with Crippen LogP contribution in [-0.4, -0.2) is 38.2 Å². The Labute approximate surface area is 129 Å². The van der Waals surface area contributed by atoms with Crippen molar-refractivity contribution in [1.29, 1.82) is 0 Å². The Morgan fingerprint density at radius 2 is 2.27 bits per heavy atom. The molecular formula is C17H21N5. The summed E-state index contributed by atoms with van der Waals surface area (Å²) in [6, 6.07) is 8.67. The second-order valence-electron chi connectivity index (χ2n) is 6.21. The highest BCUT2D eigenvalue weighted by atomic mass is 15.2. The fourth-order valence-corrected chi connectivity index (χ4v) is 3.48. The van der Waals surface area contributed by atoms with E-state index < -0.39 is 0 Å². The molecule has 1 aliphatic rings. The van der Waals surface area contributed by atoms with E-state index in [1.54, 1.807) is 0 Å². The first-order valence-electron chi connectivity index (χ1n) is 7.96. The zero-order valence-electron chi connectivity index (χ0n) is 12.8. The molecule has 114 valence electrons. The number of hydrogen-bond acceptors (Lipinski definition) is 3. The summed E-state index contributed by atoms with van der Waals surface area (Å²) in [5.74, 6) is 2.33. The second kappa shape index (κ2) is 5.57. The van der Waals surface area contributed by atoms with Crippen LogP contribution in [0.4, 0.5) is 0 Å². The van der Waals surface area contributed by atoms with Gasteiger partial charge in [-0.2, -0.15) is 5.10 Å². The molecule has 0 saturated carbocycles. The molecule has 5 heteroatoms. The van der Waals surface area contributed by atoms with E-state index in [1.807, 2.05) is 13.1 Å². The standard InChI is InChI=1S/C17H21N5/c1-12-19-17(21-20-12)14-5-3-9-22(11-14)10-13-4-2-6-16-15(13)7-8-18-16/h2,4,6-8,14,18H,3,5,9-11H2,1H3,(H,19,20,21)/t14-/m0/s1. The zero-order valence-corrected chi connectivity index (χ0v) is 12.8. The molecule has 3 heterocycles. The predicted molar refractivity (Wildman–Crippen MR) is 86.7 cm³/mol. The Bertz CT molecular complexity index is 772. The van der Waals surface area contributed by atoms with Gasteiger partial charge in [0.2, 0.25) is 0 Å². The quantitative estimate of drug-likeness (QED) is 0.781. The molecule has 0 bridgehead atoms. The number of nitrogens with one attached hydrogen (secondary N) is 2. The lowest BCUT2D eigenvalue weighted by molar-refractivity contribution is 0.197. The maximum Gasteiger partial charge on any atom is 0.155 e. The monoisotopic (exact) mass is 295 g/mol. The van der Waals surface area contributed by atoms with Crippen molar-refractivity contribution >= 4 is 10.9 Å². The molecule has 1 saturated heterocycles. The van der Waals surface area contributed by atoms with Crippen LogP contribution in [-0.2, 0) is 6.54 Å². The van der Waals surface area contributed by atoms with Crippen LogP contribution in [0.25, 0.3) is 10.9 Å². The number of likely N-dealkylation sites (tertiary alicyclic amines) is 1. The van der Waals surface area contributed by atoms with Gasteiger partial charge in [-0.15, -0.1) is 0 Å². The van der Waals surface area contributed by atoms with Crippen molar-refractivity contribution in [1.82, 2.24) is 25.1 Å². The minimum atomic E-state index is 0.448. The fraction of sp³-hybridized carbons (Fsp3) is 0.412. The molecule has 0 radical (unpaired) electrons. The van der Waals surface area contributed by atoms with Gasteiger partial charge in [0.25, 0.3) is 0 Å². The first-order chi connectivity index (χ1) is 10.8. The third-order valence-electron chi connectivity index (χ3n) is 4.56. The van der Waals surface area contributed by atoms with Crippen molar-refractivity contribution in [3.63, 3.8) is 0 Å². The van der Waals surface area contributed by atoms with E-state index in [0.717, 1.165) is 31.3 Å². The van der Waals surface area contributed by atoms with E-state index in [2.05, 4.69) is 49.3 Å². The highest BCUT2D eigenvalue weighted by Crippen LogP contribution is 2.27. The van der Waals surface area contributed by atoms with Crippen LogP contribution in [0.1, 0.15) is 36.0 Å². The van der Waals surface area contributed by atoms with Gasteiger partial charge in [0.15, 0.2) is 5.82 Å². The molecule has 3 aromatic rings. The van der Waals surface area contributed by atoms with E-state index in [4.69, 9.17) is 0 Å². The number of rotatable bonds is 3. The van der Waals surface area contributed by atoms with Crippen molar-refractivity contribution in [3.8, 4) is 0 Å². The third-order valence-corrected chi connectivity index (χ3v) is 4.56. The molecule has 1 fully saturated rings. The molecule has 5 nitrogen and oxygen atoms in total. The Kier molecular flexibility index (Phi) is 3.42. The Balaban J connectivity index is 1.52. The smallest absolute Gasteiger partial charge is 0.155 e. The second-order valence-corrected chi connectivity index (χ2v) is 6.21. The minimum absolute atomic E-state index is 0.448. The summed E-state index contributed by atoms with van der Waals surface area (Å²) in [4.78, 5) is 10.3. The van der Waals surface area contributed by atoms with Gasteiger partial charge >= 0.3 is 0 Å². The Morgan fingerprint density at radius 3 is 3.14 bits per heavy atom. The van der Waals surface area contributed by atoms with E-state index in [9.17, 15) is 0 Å². The van der Waals surface area contributed by atoms with Gasteiger partial charge in [0.05, 0.1) is 0 Å². The summed E-state index contributed by atoms with van der Waals surface area (Å²) >= 11 is 0. The van der Waals surface area contributed by atoms with Gasteiger partial charge in [0.1, 0.15) is 5.82 Å². The van der Waals surface area contributed by atoms with Crippen molar-refractivity contribution in [2.75, 3.05) is 13.1 Å².